The Balaban J connectivity index is 1.19. The third-order valence-corrected chi connectivity index (χ3v) is 8.52. The first-order valence-corrected chi connectivity index (χ1v) is 13.3. The minimum atomic E-state index is -0.131. The molecule has 1 aromatic carbocycles. The van der Waals surface area contributed by atoms with Crippen LogP contribution in [0, 0.1) is 6.92 Å². The smallest absolute Gasteiger partial charge is 0.259 e. The molecule has 0 fully saturated rings. The van der Waals surface area contributed by atoms with Crippen molar-refractivity contribution in [1.29, 1.82) is 0 Å². The molecule has 3 aromatic heterocycles. The first kappa shape index (κ1) is 22.1. The van der Waals surface area contributed by atoms with Gasteiger partial charge in [0.15, 0.2) is 5.13 Å². The highest BCUT2D eigenvalue weighted by molar-refractivity contribution is 7.99. The number of aromatic amines is 1. The van der Waals surface area contributed by atoms with E-state index in [-0.39, 0.29) is 17.2 Å². The Morgan fingerprint density at radius 2 is 2.03 bits per heavy atom. The molecule has 1 amide bonds. The predicted molar refractivity (Wildman–Crippen MR) is 136 cm³/mol. The number of carbonyl (C=O) groups excluding carboxylic acids is 1. The van der Waals surface area contributed by atoms with E-state index in [0.29, 0.717) is 16.7 Å². The van der Waals surface area contributed by atoms with Crippen molar-refractivity contribution < 1.29 is 9.53 Å². The van der Waals surface area contributed by atoms with Crippen LogP contribution >= 0.6 is 34.4 Å². The van der Waals surface area contributed by atoms with E-state index >= 15 is 0 Å². The number of nitrogens with one attached hydrogen (secondary N) is 2. The molecule has 0 saturated heterocycles. The van der Waals surface area contributed by atoms with Crippen molar-refractivity contribution in [2.24, 2.45) is 0 Å². The number of rotatable bonds is 7. The number of amides is 1. The minimum absolute atomic E-state index is 0.0660. The van der Waals surface area contributed by atoms with E-state index in [9.17, 15) is 9.59 Å². The summed E-state index contributed by atoms with van der Waals surface area (Å²) in [5.41, 5.74) is 2.94. The minimum Gasteiger partial charge on any atom is -0.497 e. The summed E-state index contributed by atoms with van der Waals surface area (Å²) in [4.78, 5) is 40.2. The number of aryl methyl sites for hydroxylation is 3. The van der Waals surface area contributed by atoms with E-state index in [1.807, 2.05) is 31.2 Å². The van der Waals surface area contributed by atoms with Gasteiger partial charge in [-0.15, -0.1) is 34.4 Å². The second-order valence-electron chi connectivity index (χ2n) is 7.74. The van der Waals surface area contributed by atoms with Gasteiger partial charge in [-0.2, -0.15) is 0 Å². The summed E-state index contributed by atoms with van der Waals surface area (Å²) in [5.74, 6) is 1.98. The number of thioether (sulfide) groups is 1. The highest BCUT2D eigenvalue weighted by atomic mass is 32.2. The molecule has 0 radical (unpaired) electrons. The molecule has 10 heteroatoms. The van der Waals surface area contributed by atoms with E-state index in [1.165, 1.54) is 33.5 Å². The molecule has 33 heavy (non-hydrogen) atoms. The van der Waals surface area contributed by atoms with Crippen LogP contribution in [-0.4, -0.2) is 33.7 Å². The molecule has 0 aliphatic heterocycles. The van der Waals surface area contributed by atoms with Crippen LogP contribution in [0.25, 0.3) is 21.5 Å². The Bertz CT molecular complexity index is 1390. The predicted octanol–water partition coefficient (Wildman–Crippen LogP) is 4.79. The summed E-state index contributed by atoms with van der Waals surface area (Å²) >= 11 is 4.49. The van der Waals surface area contributed by atoms with Gasteiger partial charge in [0.2, 0.25) is 5.91 Å². The number of aromatic nitrogens is 3. The Kier molecular flexibility index (Phi) is 6.22. The number of hydrogen-bond donors (Lipinski definition) is 2. The third-order valence-electron chi connectivity index (χ3n) is 5.50. The van der Waals surface area contributed by atoms with Gasteiger partial charge in [-0.1, -0.05) is 0 Å². The summed E-state index contributed by atoms with van der Waals surface area (Å²) in [5, 5.41) is 4.21. The summed E-state index contributed by atoms with van der Waals surface area (Å²) in [6, 6.07) is 7.69. The lowest BCUT2D eigenvalue weighted by atomic mass is 10.1. The lowest BCUT2D eigenvalue weighted by Gasteiger charge is -2.03. The molecule has 170 valence electrons. The Morgan fingerprint density at radius 3 is 2.82 bits per heavy atom. The lowest BCUT2D eigenvalue weighted by Crippen LogP contribution is -2.15. The summed E-state index contributed by atoms with van der Waals surface area (Å²) in [6.07, 6.45) is 3.12. The first-order chi connectivity index (χ1) is 16.0. The topological polar surface area (TPSA) is 97.0 Å². The van der Waals surface area contributed by atoms with Gasteiger partial charge in [0.25, 0.3) is 5.56 Å². The molecule has 0 unspecified atom stereocenters. The largest absolute Gasteiger partial charge is 0.497 e. The number of methoxy groups -OCH3 is 1. The number of carbonyl (C=O) groups is 1. The maximum Gasteiger partial charge on any atom is 0.259 e. The van der Waals surface area contributed by atoms with Gasteiger partial charge in [0, 0.05) is 15.3 Å². The van der Waals surface area contributed by atoms with Crippen LogP contribution in [-0.2, 0) is 23.4 Å². The summed E-state index contributed by atoms with van der Waals surface area (Å²) in [6.45, 7) is 1.99. The van der Waals surface area contributed by atoms with E-state index < -0.39 is 0 Å². The van der Waals surface area contributed by atoms with Gasteiger partial charge < -0.3 is 15.0 Å². The molecule has 0 bridgehead atoms. The molecule has 7 nitrogen and oxygen atoms in total. The molecular formula is C23H22N4O3S3. The quantitative estimate of drug-likeness (QED) is 0.380. The second-order valence-corrected chi connectivity index (χ2v) is 11.0. The third kappa shape index (κ3) is 4.55. The highest BCUT2D eigenvalue weighted by Crippen LogP contribution is 2.35. The normalized spacial score (nSPS) is 12.8. The number of thiazole rings is 1. The number of anilines is 1. The van der Waals surface area contributed by atoms with Crippen LogP contribution in [0.3, 0.4) is 0 Å². The number of fused-ring (bicyclic) bond motifs is 3. The number of benzene rings is 1. The molecule has 0 spiro atoms. The molecule has 3 heterocycles. The SMILES string of the molecule is COc1ccc(-c2nc(NC(=O)CSCc3nc4sc5c(c4c(=O)[nH]3)CCC5)sc2C)cc1. The molecule has 5 rings (SSSR count). The number of hydrogen-bond acceptors (Lipinski definition) is 8. The number of thiophene rings is 1. The average molecular weight is 499 g/mol. The van der Waals surface area contributed by atoms with E-state index in [0.717, 1.165) is 51.4 Å². The van der Waals surface area contributed by atoms with Crippen LogP contribution in [0.5, 0.6) is 5.75 Å². The fourth-order valence-electron chi connectivity index (χ4n) is 3.98. The van der Waals surface area contributed by atoms with Crippen LogP contribution in [0.4, 0.5) is 5.13 Å². The fourth-order valence-corrected chi connectivity index (χ4v) is 6.80. The average Bonchev–Trinajstić information content (AvgIpc) is 3.48. The monoisotopic (exact) mass is 498 g/mol. The van der Waals surface area contributed by atoms with Crippen molar-refractivity contribution in [2.45, 2.75) is 31.9 Å². The van der Waals surface area contributed by atoms with Crippen LogP contribution in [0.15, 0.2) is 29.1 Å². The first-order valence-electron chi connectivity index (χ1n) is 10.5. The second kappa shape index (κ2) is 9.28. The van der Waals surface area contributed by atoms with E-state index in [2.05, 4.69) is 20.3 Å². The van der Waals surface area contributed by atoms with Crippen molar-refractivity contribution in [2.75, 3.05) is 18.2 Å². The van der Waals surface area contributed by atoms with Gasteiger partial charge in [-0.3, -0.25) is 9.59 Å². The molecule has 1 aliphatic carbocycles. The van der Waals surface area contributed by atoms with Gasteiger partial charge in [-0.05, 0) is 56.0 Å². The maximum absolute atomic E-state index is 12.6. The van der Waals surface area contributed by atoms with Gasteiger partial charge >= 0.3 is 0 Å². The standard InChI is InChI=1S/C23H22N4O3S3/c1-12-20(13-6-8-14(30-2)9-7-13)27-23(32-12)26-18(28)11-31-10-17-24-21(29)19-15-4-3-5-16(15)33-22(19)25-17/h6-9H,3-5,10-11H2,1-2H3,(H,24,25,29)(H,26,27,28). The lowest BCUT2D eigenvalue weighted by molar-refractivity contribution is -0.113. The molecule has 0 saturated carbocycles. The Hall–Kier alpha value is -2.69. The Morgan fingerprint density at radius 1 is 1.21 bits per heavy atom. The number of ether oxygens (including phenoxy) is 1. The fraction of sp³-hybridized carbons (Fsp3) is 0.304. The van der Waals surface area contributed by atoms with Crippen LogP contribution in [0.2, 0.25) is 0 Å². The van der Waals surface area contributed by atoms with Crippen molar-refractivity contribution in [3.63, 3.8) is 0 Å². The number of nitrogens with zero attached hydrogens (tertiary/aromatic N) is 2. The van der Waals surface area contributed by atoms with Crippen molar-refractivity contribution in [1.82, 2.24) is 15.0 Å². The van der Waals surface area contributed by atoms with Crippen LogP contribution < -0.4 is 15.6 Å². The molecular weight excluding hydrogens is 476 g/mol. The van der Waals surface area contributed by atoms with Gasteiger partial charge in [0.1, 0.15) is 16.4 Å². The zero-order valence-electron chi connectivity index (χ0n) is 18.2. The molecule has 0 atom stereocenters. The maximum atomic E-state index is 12.6. The zero-order valence-corrected chi connectivity index (χ0v) is 20.6. The molecule has 2 N–H and O–H groups in total. The van der Waals surface area contributed by atoms with E-state index in [4.69, 9.17) is 4.74 Å². The number of H-pyrrole nitrogens is 1. The summed E-state index contributed by atoms with van der Waals surface area (Å²) in [7, 11) is 1.63. The van der Waals surface area contributed by atoms with E-state index in [1.54, 1.807) is 18.4 Å². The van der Waals surface area contributed by atoms with Crippen molar-refractivity contribution in [3.05, 3.63) is 55.8 Å². The Labute approximate surface area is 202 Å². The zero-order chi connectivity index (χ0) is 22.9. The highest BCUT2D eigenvalue weighted by Gasteiger charge is 2.21. The summed E-state index contributed by atoms with van der Waals surface area (Å²) < 4.78 is 5.20. The van der Waals surface area contributed by atoms with Crippen molar-refractivity contribution in [3.8, 4) is 17.0 Å². The van der Waals surface area contributed by atoms with Crippen LogP contribution in [0.1, 0.15) is 27.6 Å². The molecule has 1 aliphatic rings. The van der Waals surface area contributed by atoms with Gasteiger partial charge in [-0.25, -0.2) is 9.97 Å². The van der Waals surface area contributed by atoms with Crippen molar-refractivity contribution >= 4 is 55.7 Å². The van der Waals surface area contributed by atoms with Gasteiger partial charge in [0.05, 0.1) is 29.7 Å². The molecule has 4 aromatic rings.